The molecule has 2 heteroatoms. The summed E-state index contributed by atoms with van der Waals surface area (Å²) in [5.74, 6) is 0. The second kappa shape index (κ2) is 2.46. The molecule has 1 N–H and O–H groups in total. The Hall–Kier alpha value is -0.0800. The van der Waals surface area contributed by atoms with Crippen molar-refractivity contribution in [3.05, 3.63) is 0 Å². The Morgan fingerprint density at radius 1 is 1.50 bits per heavy atom. The highest BCUT2D eigenvalue weighted by Crippen LogP contribution is 2.20. The first-order valence-corrected chi connectivity index (χ1v) is 3.04. The highest BCUT2D eigenvalue weighted by atomic mass is 16.5. The molecule has 1 fully saturated rings. The molecule has 0 aromatic rings. The fourth-order valence-electron chi connectivity index (χ4n) is 1.13. The van der Waals surface area contributed by atoms with Crippen LogP contribution in [0.2, 0.25) is 0 Å². The van der Waals surface area contributed by atoms with Crippen LogP contribution in [0.3, 0.4) is 0 Å². The standard InChI is InChI=1S/C6H12O2/c1-8-6-3-2-5(7)4-6/h5-7H,2-4H2,1H3. The number of ether oxygens (including phenoxy) is 1. The molecular weight excluding hydrogens is 104 g/mol. The maximum atomic E-state index is 8.95. The lowest BCUT2D eigenvalue weighted by Crippen LogP contribution is -2.06. The first kappa shape index (κ1) is 6.05. The predicted octanol–water partition coefficient (Wildman–Crippen LogP) is 0.546. The van der Waals surface area contributed by atoms with E-state index in [4.69, 9.17) is 9.84 Å². The minimum Gasteiger partial charge on any atom is -0.393 e. The molecule has 2 unspecified atom stereocenters. The van der Waals surface area contributed by atoms with Crippen LogP contribution in [0.1, 0.15) is 19.3 Å². The van der Waals surface area contributed by atoms with Crippen molar-refractivity contribution in [2.75, 3.05) is 7.11 Å². The van der Waals surface area contributed by atoms with Crippen molar-refractivity contribution in [1.29, 1.82) is 0 Å². The molecule has 2 nitrogen and oxygen atoms in total. The quantitative estimate of drug-likeness (QED) is 0.542. The Bertz CT molecular complexity index is 72.9. The number of aliphatic hydroxyl groups is 1. The van der Waals surface area contributed by atoms with Gasteiger partial charge in [0.1, 0.15) is 0 Å². The van der Waals surface area contributed by atoms with E-state index in [9.17, 15) is 0 Å². The van der Waals surface area contributed by atoms with Crippen LogP contribution in [-0.2, 0) is 4.74 Å². The van der Waals surface area contributed by atoms with Gasteiger partial charge in [-0.2, -0.15) is 0 Å². The van der Waals surface area contributed by atoms with Gasteiger partial charge in [0.2, 0.25) is 0 Å². The number of hydrogen-bond donors (Lipinski definition) is 1. The van der Waals surface area contributed by atoms with Crippen molar-refractivity contribution in [2.45, 2.75) is 31.5 Å². The van der Waals surface area contributed by atoms with Crippen LogP contribution in [0.5, 0.6) is 0 Å². The van der Waals surface area contributed by atoms with Crippen molar-refractivity contribution in [2.24, 2.45) is 0 Å². The summed E-state index contributed by atoms with van der Waals surface area (Å²) in [7, 11) is 1.70. The van der Waals surface area contributed by atoms with E-state index in [1.807, 2.05) is 0 Å². The Kier molecular flexibility index (Phi) is 1.86. The first-order valence-electron chi connectivity index (χ1n) is 3.04. The van der Waals surface area contributed by atoms with Crippen molar-refractivity contribution < 1.29 is 9.84 Å². The van der Waals surface area contributed by atoms with Crippen molar-refractivity contribution in [3.63, 3.8) is 0 Å². The third kappa shape index (κ3) is 1.20. The summed E-state index contributed by atoms with van der Waals surface area (Å²) in [6.07, 6.45) is 3.00. The Morgan fingerprint density at radius 3 is 2.50 bits per heavy atom. The number of hydrogen-bond acceptors (Lipinski definition) is 2. The molecule has 0 heterocycles. The van der Waals surface area contributed by atoms with Crippen molar-refractivity contribution in [1.82, 2.24) is 0 Å². The van der Waals surface area contributed by atoms with E-state index >= 15 is 0 Å². The molecule has 0 aromatic heterocycles. The minimum atomic E-state index is -0.0973. The van der Waals surface area contributed by atoms with Gasteiger partial charge >= 0.3 is 0 Å². The summed E-state index contributed by atoms with van der Waals surface area (Å²) < 4.78 is 5.02. The topological polar surface area (TPSA) is 29.5 Å². The molecule has 1 aliphatic rings. The maximum absolute atomic E-state index is 8.95. The number of rotatable bonds is 1. The fourth-order valence-corrected chi connectivity index (χ4v) is 1.13. The van der Waals surface area contributed by atoms with Gasteiger partial charge in [-0.05, 0) is 19.3 Å². The summed E-state index contributed by atoms with van der Waals surface area (Å²) in [5, 5.41) is 8.95. The molecule has 1 saturated carbocycles. The maximum Gasteiger partial charge on any atom is 0.0596 e. The van der Waals surface area contributed by atoms with Crippen LogP contribution < -0.4 is 0 Å². The largest absolute Gasteiger partial charge is 0.393 e. The van der Waals surface area contributed by atoms with Gasteiger partial charge in [0, 0.05) is 7.11 Å². The lowest BCUT2D eigenvalue weighted by molar-refractivity contribution is 0.0898. The van der Waals surface area contributed by atoms with E-state index < -0.39 is 0 Å². The minimum absolute atomic E-state index is 0.0973. The fraction of sp³-hybridized carbons (Fsp3) is 1.00. The van der Waals surface area contributed by atoms with Gasteiger partial charge in [-0.25, -0.2) is 0 Å². The summed E-state index contributed by atoms with van der Waals surface area (Å²) in [6.45, 7) is 0. The normalized spacial score (nSPS) is 38.2. The van der Waals surface area contributed by atoms with Gasteiger partial charge in [0.25, 0.3) is 0 Å². The smallest absolute Gasteiger partial charge is 0.0596 e. The molecule has 0 spiro atoms. The third-order valence-electron chi connectivity index (χ3n) is 1.69. The number of methoxy groups -OCH3 is 1. The van der Waals surface area contributed by atoms with E-state index in [0.29, 0.717) is 6.10 Å². The Morgan fingerprint density at radius 2 is 2.25 bits per heavy atom. The van der Waals surface area contributed by atoms with Crippen LogP contribution >= 0.6 is 0 Å². The van der Waals surface area contributed by atoms with E-state index in [0.717, 1.165) is 19.3 Å². The molecule has 1 rings (SSSR count). The average Bonchev–Trinajstić information content (AvgIpc) is 2.14. The second-order valence-corrected chi connectivity index (χ2v) is 2.32. The lowest BCUT2D eigenvalue weighted by atomic mass is 10.3. The SMILES string of the molecule is COC1CCC(O)C1. The zero-order chi connectivity index (χ0) is 5.98. The van der Waals surface area contributed by atoms with Crippen molar-refractivity contribution in [3.8, 4) is 0 Å². The summed E-state index contributed by atoms with van der Waals surface area (Å²) in [4.78, 5) is 0. The lowest BCUT2D eigenvalue weighted by Gasteiger charge is -2.03. The highest BCUT2D eigenvalue weighted by molar-refractivity contribution is 4.73. The summed E-state index contributed by atoms with van der Waals surface area (Å²) >= 11 is 0. The molecular formula is C6H12O2. The predicted molar refractivity (Wildman–Crippen MR) is 30.7 cm³/mol. The van der Waals surface area contributed by atoms with Crippen LogP contribution in [0.25, 0.3) is 0 Å². The molecule has 48 valence electrons. The van der Waals surface area contributed by atoms with Gasteiger partial charge < -0.3 is 9.84 Å². The van der Waals surface area contributed by atoms with E-state index in [2.05, 4.69) is 0 Å². The molecule has 0 saturated heterocycles. The molecule has 0 aliphatic heterocycles. The molecule has 8 heavy (non-hydrogen) atoms. The van der Waals surface area contributed by atoms with Gasteiger partial charge in [-0.1, -0.05) is 0 Å². The zero-order valence-electron chi connectivity index (χ0n) is 5.13. The number of aliphatic hydroxyl groups excluding tert-OH is 1. The molecule has 0 bridgehead atoms. The van der Waals surface area contributed by atoms with E-state index in [-0.39, 0.29) is 6.10 Å². The van der Waals surface area contributed by atoms with E-state index in [1.165, 1.54) is 0 Å². The second-order valence-electron chi connectivity index (χ2n) is 2.32. The van der Waals surface area contributed by atoms with Crippen LogP contribution in [-0.4, -0.2) is 24.4 Å². The summed E-state index contributed by atoms with van der Waals surface area (Å²) in [6, 6.07) is 0. The molecule has 1 aliphatic carbocycles. The van der Waals surface area contributed by atoms with Gasteiger partial charge in [0.15, 0.2) is 0 Å². The first-order chi connectivity index (χ1) is 3.83. The van der Waals surface area contributed by atoms with Gasteiger partial charge in [-0.15, -0.1) is 0 Å². The summed E-state index contributed by atoms with van der Waals surface area (Å²) in [5.41, 5.74) is 0. The van der Waals surface area contributed by atoms with Gasteiger partial charge in [-0.3, -0.25) is 0 Å². The zero-order valence-corrected chi connectivity index (χ0v) is 5.13. The molecule has 0 radical (unpaired) electrons. The monoisotopic (exact) mass is 116 g/mol. The van der Waals surface area contributed by atoms with Crippen LogP contribution in [0.15, 0.2) is 0 Å². The molecule has 2 atom stereocenters. The van der Waals surface area contributed by atoms with Crippen LogP contribution in [0.4, 0.5) is 0 Å². The third-order valence-corrected chi connectivity index (χ3v) is 1.69. The van der Waals surface area contributed by atoms with Gasteiger partial charge in [0.05, 0.1) is 12.2 Å². The molecule has 0 amide bonds. The Labute approximate surface area is 49.5 Å². The average molecular weight is 116 g/mol. The van der Waals surface area contributed by atoms with Crippen LogP contribution in [0, 0.1) is 0 Å². The van der Waals surface area contributed by atoms with Crippen molar-refractivity contribution >= 4 is 0 Å². The van der Waals surface area contributed by atoms with E-state index in [1.54, 1.807) is 7.11 Å². The Balaban J connectivity index is 2.22. The highest BCUT2D eigenvalue weighted by Gasteiger charge is 2.21. The molecule has 0 aromatic carbocycles.